The number of hydrogen-bond donors (Lipinski definition) is 0. The summed E-state index contributed by atoms with van der Waals surface area (Å²) in [6.07, 6.45) is 0. The van der Waals surface area contributed by atoms with Gasteiger partial charge >= 0.3 is 17.4 Å². The molecule has 1 atom stereocenters. The third kappa shape index (κ3) is 6.58. The molecule has 0 amide bonds. The van der Waals surface area contributed by atoms with Gasteiger partial charge < -0.3 is 26.9 Å². The van der Waals surface area contributed by atoms with E-state index in [1.54, 1.807) is 12.1 Å². The summed E-state index contributed by atoms with van der Waals surface area (Å²) in [5, 5.41) is 0. The van der Waals surface area contributed by atoms with Gasteiger partial charge in [0.1, 0.15) is 11.5 Å². The molecule has 0 aliphatic carbocycles. The zero-order valence-corrected chi connectivity index (χ0v) is 19.2. The van der Waals surface area contributed by atoms with Gasteiger partial charge in [0.2, 0.25) is 0 Å². The van der Waals surface area contributed by atoms with Gasteiger partial charge in [-0.3, -0.25) is 14.4 Å². The van der Waals surface area contributed by atoms with Crippen LogP contribution in [0.25, 0.3) is 0 Å². The van der Waals surface area contributed by atoms with Crippen LogP contribution >= 0.6 is 0 Å². The lowest BCUT2D eigenvalue weighted by Crippen LogP contribution is -2.50. The molecule has 1 aliphatic rings. The minimum absolute atomic E-state index is 0.00197. The largest absolute Gasteiger partial charge is 0.708 e. The van der Waals surface area contributed by atoms with Gasteiger partial charge in [0, 0.05) is 26.3 Å². The van der Waals surface area contributed by atoms with E-state index in [1.807, 2.05) is 19.5 Å². The maximum absolute atomic E-state index is 11.5. The molecule has 0 spiro atoms. The molecular formula is C18H26O9Si2. The van der Waals surface area contributed by atoms with Crippen molar-refractivity contribution in [3.8, 4) is 11.5 Å². The molecular weight excluding hydrogens is 416 g/mol. The third-order valence-electron chi connectivity index (χ3n) is 4.11. The highest BCUT2D eigenvalue weighted by Crippen LogP contribution is 2.33. The molecule has 0 fully saturated rings. The van der Waals surface area contributed by atoms with Crippen molar-refractivity contribution < 1.29 is 41.3 Å². The molecule has 0 N–H and O–H groups in total. The van der Waals surface area contributed by atoms with Crippen LogP contribution in [0.1, 0.15) is 33.3 Å². The summed E-state index contributed by atoms with van der Waals surface area (Å²) in [6.45, 7) is 7.94. The standard InChI is InChI=1S/C18H26O9Si2/c1-6-28(5)23-12-16-11-17(7-8-18(16)27-28)22-9-10-29(24-13(2)19,25-14(3)20)26-15(4)21/h7-8,11H,6,9-10,12H2,1-5H3. The van der Waals surface area contributed by atoms with Gasteiger partial charge in [-0.05, 0) is 30.8 Å². The highest BCUT2D eigenvalue weighted by atomic mass is 28.4. The molecule has 0 radical (unpaired) electrons. The lowest BCUT2D eigenvalue weighted by molar-refractivity contribution is -0.147. The second-order valence-corrected chi connectivity index (χ2v) is 12.7. The Kier molecular flexibility index (Phi) is 7.44. The van der Waals surface area contributed by atoms with Crippen molar-refractivity contribution in [3.63, 3.8) is 0 Å². The normalized spacial score (nSPS) is 18.1. The van der Waals surface area contributed by atoms with Gasteiger partial charge in [-0.2, -0.15) is 0 Å². The van der Waals surface area contributed by atoms with Gasteiger partial charge in [0.05, 0.1) is 19.3 Å². The summed E-state index contributed by atoms with van der Waals surface area (Å²) in [4.78, 5) is 34.4. The van der Waals surface area contributed by atoms with Crippen LogP contribution in [-0.2, 0) is 38.7 Å². The molecule has 1 aromatic rings. The molecule has 1 unspecified atom stereocenters. The van der Waals surface area contributed by atoms with E-state index in [-0.39, 0.29) is 12.7 Å². The summed E-state index contributed by atoms with van der Waals surface area (Å²) in [7, 11) is -6.07. The van der Waals surface area contributed by atoms with Gasteiger partial charge in [0.15, 0.2) is 0 Å². The first-order valence-electron chi connectivity index (χ1n) is 9.24. The molecule has 1 aromatic carbocycles. The molecule has 0 bridgehead atoms. The van der Waals surface area contributed by atoms with E-state index in [0.29, 0.717) is 12.4 Å². The number of ether oxygens (including phenoxy) is 1. The summed E-state index contributed by atoms with van der Waals surface area (Å²) >= 11 is 0. The first-order chi connectivity index (χ1) is 13.6. The number of fused-ring (bicyclic) bond motifs is 1. The molecule has 11 heteroatoms. The van der Waals surface area contributed by atoms with Crippen molar-refractivity contribution in [1.82, 2.24) is 0 Å². The fraction of sp³-hybridized carbons (Fsp3) is 0.500. The van der Waals surface area contributed by atoms with E-state index < -0.39 is 35.3 Å². The Morgan fingerprint density at radius 2 is 1.66 bits per heavy atom. The Morgan fingerprint density at radius 1 is 1.07 bits per heavy atom. The smallest absolute Gasteiger partial charge is 0.520 e. The zero-order chi connectivity index (χ0) is 21.7. The lowest BCUT2D eigenvalue weighted by Gasteiger charge is -2.32. The predicted octanol–water partition coefficient (Wildman–Crippen LogP) is 2.69. The van der Waals surface area contributed by atoms with Gasteiger partial charge in [-0.1, -0.05) is 6.92 Å². The Hall–Kier alpha value is -2.38. The second-order valence-electron chi connectivity index (χ2n) is 6.71. The van der Waals surface area contributed by atoms with Crippen molar-refractivity contribution in [3.05, 3.63) is 23.8 Å². The van der Waals surface area contributed by atoms with Crippen LogP contribution in [0.15, 0.2) is 18.2 Å². The minimum Gasteiger partial charge on any atom is -0.520 e. The van der Waals surface area contributed by atoms with Gasteiger partial charge in [-0.15, -0.1) is 0 Å². The van der Waals surface area contributed by atoms with Crippen LogP contribution in [0.2, 0.25) is 18.6 Å². The molecule has 2 rings (SSSR count). The molecule has 0 saturated heterocycles. The monoisotopic (exact) mass is 442 g/mol. The lowest BCUT2D eigenvalue weighted by atomic mass is 10.2. The van der Waals surface area contributed by atoms with Gasteiger partial charge in [-0.25, -0.2) is 0 Å². The maximum atomic E-state index is 11.5. The van der Waals surface area contributed by atoms with Gasteiger partial charge in [0.25, 0.3) is 17.9 Å². The van der Waals surface area contributed by atoms with Crippen molar-refractivity contribution >= 4 is 35.3 Å². The molecule has 0 saturated carbocycles. The molecule has 1 heterocycles. The highest BCUT2D eigenvalue weighted by Gasteiger charge is 2.51. The first kappa shape index (κ1) is 22.9. The van der Waals surface area contributed by atoms with Crippen LogP contribution in [-0.4, -0.2) is 41.9 Å². The van der Waals surface area contributed by atoms with Crippen LogP contribution in [0.5, 0.6) is 11.5 Å². The number of carbonyl (C=O) groups excluding carboxylic acids is 3. The van der Waals surface area contributed by atoms with Crippen molar-refractivity contribution in [2.24, 2.45) is 0 Å². The minimum atomic E-state index is -3.91. The van der Waals surface area contributed by atoms with Crippen LogP contribution in [0.4, 0.5) is 0 Å². The third-order valence-corrected chi connectivity index (χ3v) is 9.41. The Bertz CT molecular complexity index is 742. The van der Waals surface area contributed by atoms with E-state index in [4.69, 9.17) is 26.9 Å². The molecule has 0 aromatic heterocycles. The summed E-state index contributed by atoms with van der Waals surface area (Å²) in [5.41, 5.74) is 0.865. The number of rotatable bonds is 8. The Balaban J connectivity index is 2.07. The Morgan fingerprint density at radius 3 is 2.17 bits per heavy atom. The fourth-order valence-corrected chi connectivity index (χ4v) is 6.32. The van der Waals surface area contributed by atoms with E-state index in [2.05, 4.69) is 0 Å². The second kappa shape index (κ2) is 9.41. The molecule has 1 aliphatic heterocycles. The molecule has 9 nitrogen and oxygen atoms in total. The maximum Gasteiger partial charge on any atom is 0.708 e. The highest BCUT2D eigenvalue weighted by molar-refractivity contribution is 6.67. The average Bonchev–Trinajstić information content (AvgIpc) is 2.60. The summed E-state index contributed by atoms with van der Waals surface area (Å²) < 4.78 is 33.0. The van der Waals surface area contributed by atoms with Crippen molar-refractivity contribution in [1.29, 1.82) is 0 Å². The van der Waals surface area contributed by atoms with Crippen molar-refractivity contribution in [2.75, 3.05) is 6.61 Å². The first-order valence-corrected chi connectivity index (χ1v) is 13.7. The SMILES string of the molecule is CC[Si]1(C)OCc2cc(OCC[Si](OC(C)=O)(OC(C)=O)OC(C)=O)ccc2O1. The zero-order valence-electron chi connectivity index (χ0n) is 17.2. The average molecular weight is 443 g/mol. The summed E-state index contributed by atoms with van der Waals surface area (Å²) in [6, 6.07) is 6.15. The predicted molar refractivity (Wildman–Crippen MR) is 105 cm³/mol. The van der Waals surface area contributed by atoms with E-state index in [1.165, 1.54) is 0 Å². The number of benzene rings is 1. The summed E-state index contributed by atoms with van der Waals surface area (Å²) in [5.74, 6) is -0.835. The van der Waals surface area contributed by atoms with E-state index in [9.17, 15) is 14.4 Å². The van der Waals surface area contributed by atoms with Crippen molar-refractivity contribution in [2.45, 2.75) is 52.9 Å². The van der Waals surface area contributed by atoms with Crippen LogP contribution in [0.3, 0.4) is 0 Å². The fourth-order valence-electron chi connectivity index (χ4n) is 2.69. The molecule has 160 valence electrons. The van der Waals surface area contributed by atoms with E-state index in [0.717, 1.165) is 38.1 Å². The quantitative estimate of drug-likeness (QED) is 0.562. The molecule has 29 heavy (non-hydrogen) atoms. The van der Waals surface area contributed by atoms with E-state index >= 15 is 0 Å². The van der Waals surface area contributed by atoms with Crippen LogP contribution in [0, 0.1) is 0 Å². The Labute approximate surface area is 171 Å². The van der Waals surface area contributed by atoms with Crippen LogP contribution < -0.4 is 9.16 Å². The topological polar surface area (TPSA) is 107 Å². The number of carbonyl (C=O) groups is 3. The number of hydrogen-bond acceptors (Lipinski definition) is 9.